The number of thioether (sulfide) groups is 1. The van der Waals surface area contributed by atoms with E-state index in [2.05, 4.69) is 4.98 Å². The molecular weight excluding hydrogens is 243 g/mol. The van der Waals surface area contributed by atoms with E-state index in [1.165, 1.54) is 12.1 Å². The Morgan fingerprint density at radius 3 is 3.00 bits per heavy atom. The van der Waals surface area contributed by atoms with Gasteiger partial charge in [0, 0.05) is 22.5 Å². The molecule has 0 saturated heterocycles. The van der Waals surface area contributed by atoms with Crippen LogP contribution < -0.4 is 5.73 Å². The Morgan fingerprint density at radius 1 is 1.50 bits per heavy atom. The van der Waals surface area contributed by atoms with Gasteiger partial charge in [-0.15, -0.1) is 11.3 Å². The van der Waals surface area contributed by atoms with Gasteiger partial charge in [0.05, 0.1) is 0 Å². The van der Waals surface area contributed by atoms with Gasteiger partial charge in [0.15, 0.2) is 0 Å². The lowest BCUT2D eigenvalue weighted by molar-refractivity contribution is 0.627. The van der Waals surface area contributed by atoms with Crippen LogP contribution in [0.25, 0.3) is 0 Å². The average Bonchev–Trinajstić information content (AvgIpc) is 2.66. The van der Waals surface area contributed by atoms with Crippen LogP contribution in [0.3, 0.4) is 0 Å². The fraction of sp³-hybridized carbons (Fsp3) is 0.182. The standard InChI is InChI=1S/C11H11FN2S2/c1-7-5-15-11(14-7)16-6-8-4-9(12)2-3-10(8)13/h2-5H,6,13H2,1H3. The first kappa shape index (κ1) is 11.4. The highest BCUT2D eigenvalue weighted by atomic mass is 32.2. The number of thiazole rings is 1. The van der Waals surface area contributed by atoms with Crippen molar-refractivity contribution >= 4 is 28.8 Å². The molecular formula is C11H11FN2S2. The Bertz CT molecular complexity index is 496. The minimum Gasteiger partial charge on any atom is -0.398 e. The van der Waals surface area contributed by atoms with Crippen LogP contribution in [0.1, 0.15) is 11.3 Å². The minimum atomic E-state index is -0.250. The zero-order chi connectivity index (χ0) is 11.5. The summed E-state index contributed by atoms with van der Waals surface area (Å²) in [5, 5.41) is 2.00. The quantitative estimate of drug-likeness (QED) is 0.673. The number of anilines is 1. The largest absolute Gasteiger partial charge is 0.398 e. The molecule has 1 heterocycles. The van der Waals surface area contributed by atoms with E-state index < -0.39 is 0 Å². The van der Waals surface area contributed by atoms with Crippen LogP contribution in [0.5, 0.6) is 0 Å². The number of benzene rings is 1. The molecule has 0 unspecified atom stereocenters. The van der Waals surface area contributed by atoms with Crippen LogP contribution in [0.2, 0.25) is 0 Å². The maximum Gasteiger partial charge on any atom is 0.150 e. The van der Waals surface area contributed by atoms with Crippen molar-refractivity contribution in [1.29, 1.82) is 0 Å². The van der Waals surface area contributed by atoms with Crippen LogP contribution in [0.15, 0.2) is 27.9 Å². The Morgan fingerprint density at radius 2 is 2.31 bits per heavy atom. The van der Waals surface area contributed by atoms with Crippen molar-refractivity contribution in [2.45, 2.75) is 17.0 Å². The van der Waals surface area contributed by atoms with Crippen LogP contribution >= 0.6 is 23.1 Å². The fourth-order valence-electron chi connectivity index (χ4n) is 1.24. The SMILES string of the molecule is Cc1csc(SCc2cc(F)ccc2N)n1. The second kappa shape index (κ2) is 4.84. The van der Waals surface area contributed by atoms with Crippen molar-refractivity contribution in [3.8, 4) is 0 Å². The second-order valence-electron chi connectivity index (χ2n) is 3.39. The summed E-state index contributed by atoms with van der Waals surface area (Å²) in [5.74, 6) is 0.399. The number of rotatable bonds is 3. The molecule has 0 amide bonds. The van der Waals surface area contributed by atoms with Crippen molar-refractivity contribution in [3.63, 3.8) is 0 Å². The van der Waals surface area contributed by atoms with E-state index >= 15 is 0 Å². The summed E-state index contributed by atoms with van der Waals surface area (Å²) in [6, 6.07) is 4.44. The lowest BCUT2D eigenvalue weighted by atomic mass is 10.2. The maximum atomic E-state index is 13.0. The first-order valence-electron chi connectivity index (χ1n) is 4.74. The summed E-state index contributed by atoms with van der Waals surface area (Å²) >= 11 is 3.17. The third-order valence-electron chi connectivity index (χ3n) is 2.05. The summed E-state index contributed by atoms with van der Waals surface area (Å²) in [5.41, 5.74) is 8.22. The van der Waals surface area contributed by atoms with Crippen LogP contribution in [0, 0.1) is 12.7 Å². The predicted octanol–water partition coefficient (Wildman–Crippen LogP) is 3.47. The van der Waals surface area contributed by atoms with E-state index in [9.17, 15) is 4.39 Å². The number of hydrogen-bond donors (Lipinski definition) is 1. The monoisotopic (exact) mass is 254 g/mol. The summed E-state index contributed by atoms with van der Waals surface area (Å²) < 4.78 is 14.0. The highest BCUT2D eigenvalue weighted by molar-refractivity contribution is 8.00. The Labute approximate surface area is 102 Å². The Balaban J connectivity index is 2.07. The number of halogens is 1. The summed E-state index contributed by atoms with van der Waals surface area (Å²) in [6.07, 6.45) is 0. The van der Waals surface area contributed by atoms with Crippen molar-refractivity contribution < 1.29 is 4.39 Å². The van der Waals surface area contributed by atoms with Crippen molar-refractivity contribution in [2.24, 2.45) is 0 Å². The number of aryl methyl sites for hydroxylation is 1. The molecule has 0 aliphatic rings. The molecule has 0 spiro atoms. The van der Waals surface area contributed by atoms with Gasteiger partial charge in [-0.2, -0.15) is 0 Å². The van der Waals surface area contributed by atoms with E-state index in [1.807, 2.05) is 12.3 Å². The summed E-state index contributed by atoms with van der Waals surface area (Å²) in [6.45, 7) is 1.96. The van der Waals surface area contributed by atoms with Crippen molar-refractivity contribution in [2.75, 3.05) is 5.73 Å². The Kier molecular flexibility index (Phi) is 3.46. The zero-order valence-electron chi connectivity index (χ0n) is 8.74. The van der Waals surface area contributed by atoms with Crippen molar-refractivity contribution in [1.82, 2.24) is 4.98 Å². The third-order valence-corrected chi connectivity index (χ3v) is 4.24. The summed E-state index contributed by atoms with van der Waals surface area (Å²) in [7, 11) is 0. The minimum absolute atomic E-state index is 0.250. The molecule has 0 saturated carbocycles. The van der Waals surface area contributed by atoms with Crippen molar-refractivity contribution in [3.05, 3.63) is 40.7 Å². The average molecular weight is 254 g/mol. The predicted molar refractivity (Wildman–Crippen MR) is 67.2 cm³/mol. The molecule has 84 valence electrons. The van der Waals surface area contributed by atoms with Gasteiger partial charge >= 0.3 is 0 Å². The second-order valence-corrected chi connectivity index (χ2v) is 5.47. The highest BCUT2D eigenvalue weighted by Crippen LogP contribution is 2.28. The third kappa shape index (κ3) is 2.74. The fourth-order valence-corrected chi connectivity index (χ4v) is 3.09. The molecule has 2 aromatic rings. The topological polar surface area (TPSA) is 38.9 Å². The lowest BCUT2D eigenvalue weighted by Gasteiger charge is -2.03. The van der Waals surface area contributed by atoms with Gasteiger partial charge in [-0.25, -0.2) is 9.37 Å². The van der Waals surface area contributed by atoms with Gasteiger partial charge in [0.25, 0.3) is 0 Å². The van der Waals surface area contributed by atoms with E-state index in [0.717, 1.165) is 15.6 Å². The number of aromatic nitrogens is 1. The maximum absolute atomic E-state index is 13.0. The van der Waals surface area contributed by atoms with Gasteiger partial charge in [-0.3, -0.25) is 0 Å². The van der Waals surface area contributed by atoms with Gasteiger partial charge in [0.2, 0.25) is 0 Å². The highest BCUT2D eigenvalue weighted by Gasteiger charge is 2.04. The molecule has 5 heteroatoms. The smallest absolute Gasteiger partial charge is 0.150 e. The van der Waals surface area contributed by atoms with Crippen LogP contribution in [-0.2, 0) is 5.75 Å². The number of nitrogen functional groups attached to an aromatic ring is 1. The first-order chi connectivity index (χ1) is 7.65. The van der Waals surface area contributed by atoms with E-state index in [0.29, 0.717) is 11.4 Å². The molecule has 0 radical (unpaired) electrons. The molecule has 1 aromatic heterocycles. The zero-order valence-corrected chi connectivity index (χ0v) is 10.4. The molecule has 16 heavy (non-hydrogen) atoms. The van der Waals surface area contributed by atoms with Gasteiger partial charge in [-0.1, -0.05) is 11.8 Å². The van der Waals surface area contributed by atoms with Gasteiger partial charge < -0.3 is 5.73 Å². The number of nitrogens with two attached hydrogens (primary N) is 1. The summed E-state index contributed by atoms with van der Waals surface area (Å²) in [4.78, 5) is 4.32. The molecule has 2 rings (SSSR count). The molecule has 1 aromatic carbocycles. The van der Waals surface area contributed by atoms with Crippen LogP contribution in [-0.4, -0.2) is 4.98 Å². The first-order valence-corrected chi connectivity index (χ1v) is 6.60. The molecule has 0 aliphatic carbocycles. The molecule has 2 N–H and O–H groups in total. The molecule has 2 nitrogen and oxygen atoms in total. The molecule has 0 fully saturated rings. The van der Waals surface area contributed by atoms with Crippen LogP contribution in [0.4, 0.5) is 10.1 Å². The number of nitrogens with zero attached hydrogens (tertiary/aromatic N) is 1. The van der Waals surface area contributed by atoms with E-state index in [-0.39, 0.29) is 5.82 Å². The normalized spacial score (nSPS) is 10.6. The molecule has 0 aliphatic heterocycles. The molecule has 0 atom stereocenters. The molecule has 0 bridgehead atoms. The van der Waals surface area contributed by atoms with Gasteiger partial charge in [0.1, 0.15) is 10.2 Å². The Hall–Kier alpha value is -1.07. The lowest BCUT2D eigenvalue weighted by Crippen LogP contribution is -1.93. The van der Waals surface area contributed by atoms with E-state index in [4.69, 9.17) is 5.73 Å². The van der Waals surface area contributed by atoms with Gasteiger partial charge in [-0.05, 0) is 30.7 Å². The van der Waals surface area contributed by atoms with E-state index in [1.54, 1.807) is 29.2 Å². The number of hydrogen-bond acceptors (Lipinski definition) is 4.